The van der Waals surface area contributed by atoms with Crippen LogP contribution in [-0.4, -0.2) is 29.7 Å². The van der Waals surface area contributed by atoms with Gasteiger partial charge in [-0.15, -0.1) is 11.3 Å². The van der Waals surface area contributed by atoms with Gasteiger partial charge in [0, 0.05) is 11.3 Å². The number of nitrogens with one attached hydrogen (secondary N) is 2. The molecular formula is C11H12ClN3O4S2. The lowest BCUT2D eigenvalue weighted by Gasteiger charge is -2.14. The van der Waals surface area contributed by atoms with Crippen LogP contribution < -0.4 is 4.72 Å². The first-order chi connectivity index (χ1) is 9.72. The number of hydrogen-bond acceptors (Lipinski definition) is 5. The third-order valence-corrected chi connectivity index (χ3v) is 5.95. The van der Waals surface area contributed by atoms with Gasteiger partial charge in [0.1, 0.15) is 10.3 Å². The fourth-order valence-corrected chi connectivity index (χ4v) is 4.53. The summed E-state index contributed by atoms with van der Waals surface area (Å²) in [5, 5.41) is 15.8. The second kappa shape index (κ2) is 5.76. The van der Waals surface area contributed by atoms with Gasteiger partial charge in [-0.3, -0.25) is 9.89 Å². The lowest BCUT2D eigenvalue weighted by atomic mass is 10.1. The first-order valence-electron chi connectivity index (χ1n) is 5.74. The Bertz CT molecular complexity index is 762. The Morgan fingerprint density at radius 2 is 2.14 bits per heavy atom. The highest BCUT2D eigenvalue weighted by molar-refractivity contribution is 7.91. The Balaban J connectivity index is 2.40. The van der Waals surface area contributed by atoms with Crippen molar-refractivity contribution in [3.63, 3.8) is 0 Å². The molecule has 2 aromatic heterocycles. The summed E-state index contributed by atoms with van der Waals surface area (Å²) in [6.45, 7) is 3.23. The van der Waals surface area contributed by atoms with Crippen LogP contribution in [0.2, 0.25) is 4.34 Å². The number of halogens is 1. The average molecular weight is 350 g/mol. The first kappa shape index (κ1) is 16.0. The first-order valence-corrected chi connectivity index (χ1v) is 8.42. The van der Waals surface area contributed by atoms with Crippen LogP contribution in [0.4, 0.5) is 0 Å². The van der Waals surface area contributed by atoms with Gasteiger partial charge in [0.25, 0.3) is 10.0 Å². The molecule has 0 saturated carbocycles. The van der Waals surface area contributed by atoms with Crippen LogP contribution in [0.5, 0.6) is 0 Å². The van der Waals surface area contributed by atoms with Crippen molar-refractivity contribution in [3.05, 3.63) is 33.4 Å². The molecule has 2 heterocycles. The Kier molecular flexibility index (Phi) is 4.38. The molecule has 0 spiro atoms. The molecule has 0 aromatic carbocycles. The minimum atomic E-state index is -3.98. The zero-order valence-electron chi connectivity index (χ0n) is 11.0. The number of carboxylic acid groups (broad SMARTS) is 1. The molecule has 21 heavy (non-hydrogen) atoms. The van der Waals surface area contributed by atoms with Gasteiger partial charge < -0.3 is 5.11 Å². The summed E-state index contributed by atoms with van der Waals surface area (Å²) < 4.78 is 26.9. The van der Waals surface area contributed by atoms with Crippen LogP contribution in [-0.2, 0) is 14.8 Å². The maximum absolute atomic E-state index is 12.2. The number of aliphatic carboxylic acids is 1. The lowest BCUT2D eigenvalue weighted by Crippen LogP contribution is -2.34. The second-order valence-electron chi connectivity index (χ2n) is 4.30. The smallest absolute Gasteiger partial charge is 0.326 e. The normalized spacial score (nSPS) is 13.3. The van der Waals surface area contributed by atoms with Gasteiger partial charge in [-0.05, 0) is 26.0 Å². The van der Waals surface area contributed by atoms with Gasteiger partial charge in [0.15, 0.2) is 0 Å². The molecule has 2 rings (SSSR count). The zero-order valence-corrected chi connectivity index (χ0v) is 13.4. The number of aromatic amines is 1. The summed E-state index contributed by atoms with van der Waals surface area (Å²) in [5.41, 5.74) is 1.22. The molecule has 1 unspecified atom stereocenters. The van der Waals surface area contributed by atoms with Crippen LogP contribution in [0.3, 0.4) is 0 Å². The van der Waals surface area contributed by atoms with Gasteiger partial charge in [-0.2, -0.15) is 9.82 Å². The van der Waals surface area contributed by atoms with E-state index in [-0.39, 0.29) is 4.21 Å². The van der Waals surface area contributed by atoms with E-state index in [0.29, 0.717) is 21.3 Å². The number of aryl methyl sites for hydroxylation is 2. The molecule has 10 heteroatoms. The maximum Gasteiger partial charge on any atom is 0.326 e. The molecule has 0 radical (unpaired) electrons. The van der Waals surface area contributed by atoms with Crippen molar-refractivity contribution in [3.8, 4) is 0 Å². The third-order valence-electron chi connectivity index (χ3n) is 2.81. The van der Waals surface area contributed by atoms with E-state index in [9.17, 15) is 18.3 Å². The van der Waals surface area contributed by atoms with E-state index in [2.05, 4.69) is 14.9 Å². The van der Waals surface area contributed by atoms with Gasteiger partial charge in [0.2, 0.25) is 0 Å². The van der Waals surface area contributed by atoms with Crippen LogP contribution >= 0.6 is 22.9 Å². The summed E-state index contributed by atoms with van der Waals surface area (Å²) in [5.74, 6) is -1.31. The molecule has 2 aromatic rings. The van der Waals surface area contributed by atoms with Crippen molar-refractivity contribution in [2.45, 2.75) is 24.1 Å². The van der Waals surface area contributed by atoms with Gasteiger partial charge in [-0.1, -0.05) is 11.6 Å². The largest absolute Gasteiger partial charge is 0.480 e. The fraction of sp³-hybridized carbons (Fsp3) is 0.273. The molecular weight excluding hydrogens is 338 g/mol. The van der Waals surface area contributed by atoms with Crippen molar-refractivity contribution in [1.29, 1.82) is 0 Å². The van der Waals surface area contributed by atoms with Crippen molar-refractivity contribution in [1.82, 2.24) is 14.9 Å². The van der Waals surface area contributed by atoms with Gasteiger partial charge in [0.05, 0.1) is 10.0 Å². The molecule has 0 amide bonds. The van der Waals surface area contributed by atoms with E-state index in [4.69, 9.17) is 11.6 Å². The molecule has 1 atom stereocenters. The Hall–Kier alpha value is -1.42. The maximum atomic E-state index is 12.2. The zero-order chi connectivity index (χ0) is 15.8. The fourth-order valence-electron chi connectivity index (χ4n) is 1.87. The number of thiophene rings is 1. The summed E-state index contributed by atoms with van der Waals surface area (Å²) in [4.78, 5) is 11.4. The number of H-pyrrole nitrogens is 1. The van der Waals surface area contributed by atoms with Crippen LogP contribution in [0.1, 0.15) is 23.0 Å². The molecule has 114 valence electrons. The molecule has 0 bridgehead atoms. The minimum absolute atomic E-state index is 0.0439. The quantitative estimate of drug-likeness (QED) is 0.762. The third kappa shape index (κ3) is 3.26. The van der Waals surface area contributed by atoms with Crippen molar-refractivity contribution in [2.24, 2.45) is 0 Å². The molecule has 0 aliphatic heterocycles. The molecule has 0 saturated heterocycles. The van der Waals surface area contributed by atoms with E-state index in [0.717, 1.165) is 11.3 Å². The highest BCUT2D eigenvalue weighted by atomic mass is 35.5. The summed E-state index contributed by atoms with van der Waals surface area (Å²) in [7, 11) is -3.98. The van der Waals surface area contributed by atoms with Crippen LogP contribution in [0.15, 0.2) is 16.3 Å². The monoisotopic (exact) mass is 349 g/mol. The van der Waals surface area contributed by atoms with E-state index in [1.54, 1.807) is 13.8 Å². The van der Waals surface area contributed by atoms with Gasteiger partial charge >= 0.3 is 5.97 Å². The molecule has 3 N–H and O–H groups in total. The minimum Gasteiger partial charge on any atom is -0.480 e. The molecule has 0 fully saturated rings. The van der Waals surface area contributed by atoms with Crippen LogP contribution in [0, 0.1) is 13.8 Å². The number of hydrogen-bond donors (Lipinski definition) is 3. The number of carboxylic acids is 1. The number of aromatic nitrogens is 2. The van der Waals surface area contributed by atoms with E-state index < -0.39 is 22.0 Å². The van der Waals surface area contributed by atoms with E-state index in [1.807, 2.05) is 0 Å². The number of carbonyl (C=O) groups is 1. The predicted octanol–water partition coefficient (Wildman–Crippen LogP) is 1.85. The molecule has 0 aliphatic rings. The van der Waals surface area contributed by atoms with Gasteiger partial charge in [-0.25, -0.2) is 8.42 Å². The van der Waals surface area contributed by atoms with E-state index in [1.165, 1.54) is 12.1 Å². The SMILES string of the molecule is Cc1n[nH]c(C)c1C(NS(=O)(=O)c1ccc(Cl)s1)C(=O)O. The predicted molar refractivity (Wildman–Crippen MR) is 78.1 cm³/mol. The lowest BCUT2D eigenvalue weighted by molar-refractivity contribution is -0.139. The highest BCUT2D eigenvalue weighted by Crippen LogP contribution is 2.28. The Morgan fingerprint density at radius 3 is 2.57 bits per heavy atom. The summed E-state index contributed by atoms with van der Waals surface area (Å²) in [6, 6.07) is 1.34. The van der Waals surface area contributed by atoms with E-state index >= 15 is 0 Å². The number of rotatable bonds is 5. The summed E-state index contributed by atoms with van der Waals surface area (Å²) >= 11 is 6.56. The standard InChI is InChI=1S/C11H12ClN3O4S2/c1-5-9(6(2)14-13-5)10(11(16)17)15-21(18,19)8-4-3-7(12)20-8/h3-4,10,15H,1-2H3,(H,13,14)(H,16,17). The van der Waals surface area contributed by atoms with Crippen LogP contribution in [0.25, 0.3) is 0 Å². The summed E-state index contributed by atoms with van der Waals surface area (Å²) in [6.07, 6.45) is 0. The van der Waals surface area contributed by atoms with Crippen molar-refractivity contribution < 1.29 is 18.3 Å². The number of nitrogens with zero attached hydrogens (tertiary/aromatic N) is 1. The second-order valence-corrected chi connectivity index (χ2v) is 7.95. The van der Waals surface area contributed by atoms with Crippen molar-refractivity contribution >= 4 is 38.9 Å². The topological polar surface area (TPSA) is 112 Å². The number of sulfonamides is 1. The van der Waals surface area contributed by atoms with Crippen molar-refractivity contribution in [2.75, 3.05) is 0 Å². The molecule has 7 nitrogen and oxygen atoms in total. The Morgan fingerprint density at radius 1 is 1.48 bits per heavy atom. The Labute approximate surface area is 130 Å². The average Bonchev–Trinajstić information content (AvgIpc) is 2.94. The molecule has 0 aliphatic carbocycles. The highest BCUT2D eigenvalue weighted by Gasteiger charge is 2.31.